The van der Waals surface area contributed by atoms with Crippen LogP contribution in [0.3, 0.4) is 0 Å². The van der Waals surface area contributed by atoms with Crippen molar-refractivity contribution >= 4 is 29.1 Å². The summed E-state index contributed by atoms with van der Waals surface area (Å²) in [7, 11) is 0. The summed E-state index contributed by atoms with van der Waals surface area (Å²) in [4.78, 5) is 40.3. The monoisotopic (exact) mass is 337 g/mol. The minimum atomic E-state index is -1.06. The minimum Gasteiger partial charge on any atom is -0.461 e. The highest BCUT2D eigenvalue weighted by Crippen LogP contribution is 2.45. The van der Waals surface area contributed by atoms with Gasteiger partial charge in [-0.15, -0.1) is 11.3 Å². The van der Waals surface area contributed by atoms with Gasteiger partial charge in [0.1, 0.15) is 17.9 Å². The Kier molecular flexibility index (Phi) is 4.01. The smallest absolute Gasteiger partial charge is 0.368 e. The van der Waals surface area contributed by atoms with E-state index in [1.54, 1.807) is 32.1 Å². The van der Waals surface area contributed by atoms with Gasteiger partial charge in [0.15, 0.2) is 0 Å². The van der Waals surface area contributed by atoms with Gasteiger partial charge >= 0.3 is 5.97 Å². The molecule has 2 aliphatic rings. The SMILES string of the molecule is CCOC(=O)[C@]1(C)[NH2+][C@@H](c2cccs2)[C@@H]2C(=O)N(CC)C(=O)[C@H]21. The third-order valence-corrected chi connectivity index (χ3v) is 5.88. The maximum absolute atomic E-state index is 12.7. The lowest BCUT2D eigenvalue weighted by atomic mass is 9.81. The Bertz CT molecular complexity index is 645. The molecule has 0 spiro atoms. The van der Waals surface area contributed by atoms with Gasteiger partial charge in [0.2, 0.25) is 17.4 Å². The lowest BCUT2D eigenvalue weighted by Gasteiger charge is -2.25. The molecule has 0 saturated carbocycles. The largest absolute Gasteiger partial charge is 0.461 e. The molecule has 7 heteroatoms. The van der Waals surface area contributed by atoms with Gasteiger partial charge in [0.05, 0.1) is 11.5 Å². The van der Waals surface area contributed by atoms with E-state index in [1.165, 1.54) is 4.90 Å². The van der Waals surface area contributed by atoms with Crippen molar-refractivity contribution in [1.82, 2.24) is 4.90 Å². The Balaban J connectivity index is 2.06. The molecule has 3 rings (SSSR count). The van der Waals surface area contributed by atoms with Crippen LogP contribution in [0.25, 0.3) is 0 Å². The van der Waals surface area contributed by atoms with Gasteiger partial charge < -0.3 is 10.1 Å². The standard InChI is InChI=1S/C16H20N2O4S/c1-4-18-13(19)10-11(14(18)20)16(3,15(21)22-5-2)17-12(10)9-7-6-8-23-9/h6-8,10-12,17H,4-5H2,1-3H3/p+1/t10-,11+,12+,16-/m1/s1. The number of nitrogens with two attached hydrogens (primary N) is 1. The van der Waals surface area contributed by atoms with Crippen LogP contribution in [0.5, 0.6) is 0 Å². The molecule has 0 radical (unpaired) electrons. The fourth-order valence-electron chi connectivity index (χ4n) is 3.86. The Hall–Kier alpha value is -1.73. The number of fused-ring (bicyclic) bond motifs is 1. The molecule has 1 aromatic rings. The molecule has 2 N–H and O–H groups in total. The fraction of sp³-hybridized carbons (Fsp3) is 0.562. The molecule has 4 atom stereocenters. The van der Waals surface area contributed by atoms with Gasteiger partial charge in [-0.3, -0.25) is 14.5 Å². The van der Waals surface area contributed by atoms with Crippen molar-refractivity contribution < 1.29 is 24.4 Å². The normalized spacial score (nSPS) is 33.2. The van der Waals surface area contributed by atoms with Crippen LogP contribution in [0.4, 0.5) is 0 Å². The number of imide groups is 1. The Morgan fingerprint density at radius 2 is 2.13 bits per heavy atom. The first kappa shape index (κ1) is 16.1. The van der Waals surface area contributed by atoms with E-state index >= 15 is 0 Å². The number of likely N-dealkylation sites (tertiary alicyclic amines) is 1. The molecule has 23 heavy (non-hydrogen) atoms. The van der Waals surface area contributed by atoms with Crippen molar-refractivity contribution in [2.24, 2.45) is 11.8 Å². The summed E-state index contributed by atoms with van der Waals surface area (Å²) in [6, 6.07) is 3.65. The number of rotatable bonds is 4. The third kappa shape index (κ3) is 2.21. The second-order valence-corrected chi connectivity index (χ2v) is 7.11. The van der Waals surface area contributed by atoms with Crippen LogP contribution in [0.2, 0.25) is 0 Å². The topological polar surface area (TPSA) is 80.3 Å². The van der Waals surface area contributed by atoms with Crippen molar-refractivity contribution in [2.45, 2.75) is 32.4 Å². The molecule has 1 aromatic heterocycles. The number of hydrogen-bond acceptors (Lipinski definition) is 5. The molecule has 2 aliphatic heterocycles. The zero-order valence-electron chi connectivity index (χ0n) is 13.4. The fourth-order valence-corrected chi connectivity index (χ4v) is 4.70. The van der Waals surface area contributed by atoms with E-state index < -0.39 is 23.3 Å². The first-order chi connectivity index (χ1) is 11.0. The predicted octanol–water partition coefficient (Wildman–Crippen LogP) is 0.309. The predicted molar refractivity (Wildman–Crippen MR) is 83.4 cm³/mol. The third-order valence-electron chi connectivity index (χ3n) is 4.90. The van der Waals surface area contributed by atoms with Gasteiger partial charge in [0, 0.05) is 13.5 Å². The Morgan fingerprint density at radius 1 is 1.39 bits per heavy atom. The second-order valence-electron chi connectivity index (χ2n) is 6.14. The minimum absolute atomic E-state index is 0.176. The summed E-state index contributed by atoms with van der Waals surface area (Å²) >= 11 is 1.54. The maximum Gasteiger partial charge on any atom is 0.368 e. The lowest BCUT2D eigenvalue weighted by Crippen LogP contribution is -2.97. The van der Waals surface area contributed by atoms with E-state index in [2.05, 4.69) is 0 Å². The highest BCUT2D eigenvalue weighted by atomic mass is 32.1. The summed E-state index contributed by atoms with van der Waals surface area (Å²) in [5, 5.41) is 3.80. The second kappa shape index (κ2) is 5.72. The molecule has 0 aliphatic carbocycles. The Labute approximate surface area is 138 Å². The number of nitrogens with zero attached hydrogens (tertiary/aromatic N) is 1. The van der Waals surface area contributed by atoms with Gasteiger partial charge in [-0.25, -0.2) is 4.79 Å². The van der Waals surface area contributed by atoms with Crippen molar-refractivity contribution in [2.75, 3.05) is 13.2 Å². The summed E-state index contributed by atoms with van der Waals surface area (Å²) in [5.41, 5.74) is -1.06. The van der Waals surface area contributed by atoms with Gasteiger partial charge in [-0.05, 0) is 25.3 Å². The molecular weight excluding hydrogens is 316 g/mol. The number of carbonyl (C=O) groups is 3. The molecule has 2 fully saturated rings. The van der Waals surface area contributed by atoms with Crippen LogP contribution in [-0.4, -0.2) is 41.4 Å². The van der Waals surface area contributed by atoms with Crippen molar-refractivity contribution in [3.05, 3.63) is 22.4 Å². The van der Waals surface area contributed by atoms with Crippen LogP contribution in [-0.2, 0) is 19.1 Å². The number of hydrogen-bond donors (Lipinski definition) is 1. The van der Waals surface area contributed by atoms with Crippen molar-refractivity contribution in [1.29, 1.82) is 0 Å². The first-order valence-corrected chi connectivity index (χ1v) is 8.75. The molecule has 0 bridgehead atoms. The molecule has 0 unspecified atom stereocenters. The summed E-state index contributed by atoms with van der Waals surface area (Å²) < 4.78 is 5.21. The number of amides is 2. The Morgan fingerprint density at radius 3 is 2.70 bits per heavy atom. The quantitative estimate of drug-likeness (QED) is 0.633. The highest BCUT2D eigenvalue weighted by Gasteiger charge is 2.70. The van der Waals surface area contributed by atoms with Crippen LogP contribution < -0.4 is 5.32 Å². The van der Waals surface area contributed by atoms with Crippen LogP contribution in [0, 0.1) is 11.8 Å². The number of thiophene rings is 1. The van der Waals surface area contributed by atoms with Gasteiger partial charge in [-0.2, -0.15) is 0 Å². The molecule has 124 valence electrons. The average Bonchev–Trinajstić information content (AvgIpc) is 3.18. The first-order valence-electron chi connectivity index (χ1n) is 7.87. The zero-order chi connectivity index (χ0) is 16.8. The summed E-state index contributed by atoms with van der Waals surface area (Å²) in [6.45, 7) is 5.83. The van der Waals surface area contributed by atoms with E-state index in [-0.39, 0.29) is 24.5 Å². The number of ether oxygens (including phenoxy) is 1. The van der Waals surface area contributed by atoms with E-state index in [0.29, 0.717) is 6.54 Å². The van der Waals surface area contributed by atoms with Crippen molar-refractivity contribution in [3.63, 3.8) is 0 Å². The van der Waals surface area contributed by atoms with Crippen LogP contribution in [0.1, 0.15) is 31.7 Å². The zero-order valence-corrected chi connectivity index (χ0v) is 14.3. The van der Waals surface area contributed by atoms with Gasteiger partial charge in [0.25, 0.3) is 0 Å². The highest BCUT2D eigenvalue weighted by molar-refractivity contribution is 7.10. The molecule has 0 aromatic carbocycles. The lowest BCUT2D eigenvalue weighted by molar-refractivity contribution is -0.730. The molecule has 3 heterocycles. The van der Waals surface area contributed by atoms with E-state index in [1.807, 2.05) is 22.8 Å². The van der Waals surface area contributed by atoms with E-state index in [0.717, 1.165) is 4.88 Å². The molecular formula is C16H21N2O4S+. The van der Waals surface area contributed by atoms with E-state index in [9.17, 15) is 14.4 Å². The van der Waals surface area contributed by atoms with Crippen LogP contribution >= 0.6 is 11.3 Å². The average molecular weight is 337 g/mol. The van der Waals surface area contributed by atoms with Gasteiger partial charge in [-0.1, -0.05) is 6.07 Å². The summed E-state index contributed by atoms with van der Waals surface area (Å²) in [5.74, 6) is -2.02. The van der Waals surface area contributed by atoms with Crippen LogP contribution in [0.15, 0.2) is 17.5 Å². The molecule has 6 nitrogen and oxygen atoms in total. The van der Waals surface area contributed by atoms with Crippen molar-refractivity contribution in [3.8, 4) is 0 Å². The summed E-state index contributed by atoms with van der Waals surface area (Å²) in [6.07, 6.45) is 0. The molecule has 2 saturated heterocycles. The maximum atomic E-state index is 12.7. The molecule has 2 amide bonds. The van der Waals surface area contributed by atoms with E-state index in [4.69, 9.17) is 4.74 Å². The number of carbonyl (C=O) groups excluding carboxylic acids is 3. The number of quaternary nitrogens is 1. The number of esters is 1.